The molecule has 0 aliphatic carbocycles. The molecule has 1 aromatic heterocycles. The number of hydrogen-bond donors (Lipinski definition) is 2. The Hall–Kier alpha value is -1.99. The van der Waals surface area contributed by atoms with Gasteiger partial charge in [-0.2, -0.15) is 0 Å². The van der Waals surface area contributed by atoms with Crippen LogP contribution in [0.4, 0.5) is 26.0 Å². The van der Waals surface area contributed by atoms with Crippen molar-refractivity contribution in [3.63, 3.8) is 0 Å². The molecule has 1 heterocycles. The third-order valence-corrected chi connectivity index (χ3v) is 1.58. The van der Waals surface area contributed by atoms with E-state index in [-0.39, 0.29) is 0 Å². The third-order valence-electron chi connectivity index (χ3n) is 1.58. The second-order valence-electron chi connectivity index (χ2n) is 2.41. The summed E-state index contributed by atoms with van der Waals surface area (Å²) in [7, 11) is 0. The molecule has 0 saturated carbocycles. The molecule has 0 unspecified atom stereocenters. The van der Waals surface area contributed by atoms with Crippen LogP contribution in [0.2, 0.25) is 0 Å². The van der Waals surface area contributed by atoms with E-state index >= 15 is 0 Å². The van der Waals surface area contributed by atoms with Crippen molar-refractivity contribution in [3.8, 4) is 0 Å². The molecular formula is C6H6F2N4O2. The second-order valence-corrected chi connectivity index (χ2v) is 2.41. The highest BCUT2D eigenvalue weighted by molar-refractivity contribution is 5.68. The normalized spacial score (nSPS) is 10.5. The van der Waals surface area contributed by atoms with Gasteiger partial charge in [0.05, 0.1) is 10.5 Å². The molecule has 0 spiro atoms. The molecule has 0 aromatic carbocycles. The van der Waals surface area contributed by atoms with Crippen molar-refractivity contribution in [3.05, 3.63) is 21.9 Å². The van der Waals surface area contributed by atoms with E-state index in [1.165, 1.54) is 0 Å². The molecular weight excluding hydrogens is 198 g/mol. The Labute approximate surface area is 76.7 Å². The summed E-state index contributed by atoms with van der Waals surface area (Å²) in [6, 6.07) is 0. The number of nitrogens with two attached hydrogens (primary N) is 2. The van der Waals surface area contributed by atoms with Crippen molar-refractivity contribution in [1.82, 2.24) is 4.98 Å². The molecule has 0 fully saturated rings. The Bertz CT molecular complexity index is 382. The van der Waals surface area contributed by atoms with Crippen molar-refractivity contribution in [2.24, 2.45) is 0 Å². The van der Waals surface area contributed by atoms with Gasteiger partial charge in [0.25, 0.3) is 6.43 Å². The molecule has 4 N–H and O–H groups in total. The van der Waals surface area contributed by atoms with Gasteiger partial charge in [-0.05, 0) is 0 Å². The fraction of sp³-hybridized carbons (Fsp3) is 0.167. The van der Waals surface area contributed by atoms with Gasteiger partial charge in [0, 0.05) is 0 Å². The average Bonchev–Trinajstić information content (AvgIpc) is 2.02. The predicted molar refractivity (Wildman–Crippen MR) is 44.7 cm³/mol. The molecule has 14 heavy (non-hydrogen) atoms. The Morgan fingerprint density at radius 2 is 2.07 bits per heavy atom. The van der Waals surface area contributed by atoms with Crippen LogP contribution in [0.15, 0.2) is 6.20 Å². The SMILES string of the molecule is Nc1ncc([N+](=O)[O-])c(N)c1C(F)F. The summed E-state index contributed by atoms with van der Waals surface area (Å²) in [5.41, 5.74) is 8.14. The summed E-state index contributed by atoms with van der Waals surface area (Å²) in [5, 5.41) is 10.3. The lowest BCUT2D eigenvalue weighted by Crippen LogP contribution is -2.06. The number of nitro groups is 1. The zero-order valence-corrected chi connectivity index (χ0v) is 6.78. The zero-order chi connectivity index (χ0) is 10.9. The van der Waals surface area contributed by atoms with Gasteiger partial charge in [-0.1, -0.05) is 0 Å². The molecule has 0 saturated heterocycles. The predicted octanol–water partition coefficient (Wildman–Crippen LogP) is 1.09. The number of alkyl halides is 2. The first-order valence-corrected chi connectivity index (χ1v) is 3.41. The van der Waals surface area contributed by atoms with E-state index in [0.29, 0.717) is 0 Å². The van der Waals surface area contributed by atoms with Gasteiger partial charge < -0.3 is 11.5 Å². The number of halogens is 2. The van der Waals surface area contributed by atoms with Gasteiger partial charge in [-0.15, -0.1) is 0 Å². The fourth-order valence-electron chi connectivity index (χ4n) is 0.921. The minimum absolute atomic E-state index is 0.497. The highest BCUT2D eigenvalue weighted by atomic mass is 19.3. The van der Waals surface area contributed by atoms with E-state index < -0.39 is 34.1 Å². The van der Waals surface area contributed by atoms with Crippen molar-refractivity contribution >= 4 is 17.2 Å². The van der Waals surface area contributed by atoms with Crippen LogP contribution in [-0.4, -0.2) is 9.91 Å². The van der Waals surface area contributed by atoms with Gasteiger partial charge >= 0.3 is 5.69 Å². The van der Waals surface area contributed by atoms with E-state index in [4.69, 9.17) is 11.5 Å². The molecule has 76 valence electrons. The average molecular weight is 204 g/mol. The smallest absolute Gasteiger partial charge is 0.310 e. The zero-order valence-electron chi connectivity index (χ0n) is 6.78. The number of rotatable bonds is 2. The topological polar surface area (TPSA) is 108 Å². The number of nitrogen functional groups attached to an aromatic ring is 2. The molecule has 0 aliphatic heterocycles. The van der Waals surface area contributed by atoms with E-state index in [0.717, 1.165) is 6.20 Å². The highest BCUT2D eigenvalue weighted by Crippen LogP contribution is 2.34. The first-order chi connectivity index (χ1) is 6.45. The molecule has 0 atom stereocenters. The highest BCUT2D eigenvalue weighted by Gasteiger charge is 2.24. The van der Waals surface area contributed by atoms with Crippen molar-refractivity contribution < 1.29 is 13.7 Å². The number of anilines is 2. The van der Waals surface area contributed by atoms with Gasteiger partial charge in [0.15, 0.2) is 0 Å². The standard InChI is InChI=1S/C6H6F2N4O2/c7-5(8)3-4(9)2(12(13)14)1-11-6(3)10/h1,5H,(H4,9,10,11). The molecule has 0 bridgehead atoms. The lowest BCUT2D eigenvalue weighted by molar-refractivity contribution is -0.384. The van der Waals surface area contributed by atoms with Crippen LogP contribution in [0, 0.1) is 10.1 Å². The van der Waals surface area contributed by atoms with Crippen LogP contribution >= 0.6 is 0 Å². The van der Waals surface area contributed by atoms with Gasteiger partial charge in [-0.25, -0.2) is 13.8 Å². The minimum Gasteiger partial charge on any atom is -0.393 e. The molecule has 1 aromatic rings. The number of aromatic nitrogens is 1. The molecule has 0 aliphatic rings. The molecule has 0 radical (unpaired) electrons. The number of nitrogens with zero attached hydrogens (tertiary/aromatic N) is 2. The Kier molecular flexibility index (Phi) is 2.45. The van der Waals surface area contributed by atoms with E-state index in [9.17, 15) is 18.9 Å². The Morgan fingerprint density at radius 3 is 2.50 bits per heavy atom. The number of hydrogen-bond acceptors (Lipinski definition) is 5. The fourth-order valence-corrected chi connectivity index (χ4v) is 0.921. The monoisotopic (exact) mass is 204 g/mol. The second kappa shape index (κ2) is 3.40. The third kappa shape index (κ3) is 1.53. The van der Waals surface area contributed by atoms with Crippen LogP contribution in [0.3, 0.4) is 0 Å². The Balaban J connectivity index is 3.41. The van der Waals surface area contributed by atoms with Crippen molar-refractivity contribution in [2.45, 2.75) is 6.43 Å². The largest absolute Gasteiger partial charge is 0.393 e. The molecule has 8 heteroatoms. The molecule has 6 nitrogen and oxygen atoms in total. The van der Waals surface area contributed by atoms with Gasteiger partial charge in [0.2, 0.25) is 0 Å². The first-order valence-electron chi connectivity index (χ1n) is 3.41. The van der Waals surface area contributed by atoms with Crippen LogP contribution in [0.5, 0.6) is 0 Å². The lowest BCUT2D eigenvalue weighted by atomic mass is 10.2. The van der Waals surface area contributed by atoms with Crippen molar-refractivity contribution in [2.75, 3.05) is 11.5 Å². The molecule has 1 rings (SSSR count). The summed E-state index contributed by atoms with van der Waals surface area (Å²) in [6.45, 7) is 0. The van der Waals surface area contributed by atoms with E-state index in [1.807, 2.05) is 0 Å². The van der Waals surface area contributed by atoms with Crippen LogP contribution in [-0.2, 0) is 0 Å². The van der Waals surface area contributed by atoms with Crippen molar-refractivity contribution in [1.29, 1.82) is 0 Å². The van der Waals surface area contributed by atoms with E-state index in [2.05, 4.69) is 4.98 Å². The summed E-state index contributed by atoms with van der Waals surface area (Å²) >= 11 is 0. The summed E-state index contributed by atoms with van der Waals surface area (Å²) in [6.07, 6.45) is -2.24. The maximum atomic E-state index is 12.3. The lowest BCUT2D eigenvalue weighted by Gasteiger charge is -2.06. The van der Waals surface area contributed by atoms with E-state index in [1.54, 1.807) is 0 Å². The number of pyridine rings is 1. The minimum atomic E-state index is -2.98. The first kappa shape index (κ1) is 10.1. The molecule has 0 amide bonds. The summed E-state index contributed by atoms with van der Waals surface area (Å²) in [4.78, 5) is 12.7. The maximum absolute atomic E-state index is 12.3. The quantitative estimate of drug-likeness (QED) is 0.553. The maximum Gasteiger partial charge on any atom is 0.310 e. The van der Waals surface area contributed by atoms with Crippen LogP contribution in [0.1, 0.15) is 12.0 Å². The van der Waals surface area contributed by atoms with Gasteiger partial charge in [0.1, 0.15) is 17.7 Å². The summed E-state index contributed by atoms with van der Waals surface area (Å²) < 4.78 is 24.6. The van der Waals surface area contributed by atoms with Gasteiger partial charge in [-0.3, -0.25) is 10.1 Å². The Morgan fingerprint density at radius 1 is 1.50 bits per heavy atom. The van der Waals surface area contributed by atoms with Crippen LogP contribution in [0.25, 0.3) is 0 Å². The summed E-state index contributed by atoms with van der Waals surface area (Å²) in [5.74, 6) is -0.497. The van der Waals surface area contributed by atoms with Crippen LogP contribution < -0.4 is 11.5 Å².